The average Bonchev–Trinajstić information content (AvgIpc) is 3.59. The zero-order valence-electron chi connectivity index (χ0n) is 19.7. The fourth-order valence-electron chi connectivity index (χ4n) is 8.97. The molecule has 0 saturated heterocycles. The van der Waals surface area contributed by atoms with Crippen molar-refractivity contribution in [2.45, 2.75) is 83.5 Å². The number of fused-ring (bicyclic) bond motifs is 1. The number of anilines is 1. The number of sulfonamides is 1. The van der Waals surface area contributed by atoms with Crippen LogP contribution in [0.2, 0.25) is 0 Å². The Morgan fingerprint density at radius 2 is 1.82 bits per heavy atom. The summed E-state index contributed by atoms with van der Waals surface area (Å²) in [7, 11) is -3.42. The second-order valence-electron chi connectivity index (χ2n) is 12.5. The summed E-state index contributed by atoms with van der Waals surface area (Å²) in [5, 5.41) is 8.28. The molecule has 6 aliphatic rings. The summed E-state index contributed by atoms with van der Waals surface area (Å²) in [6.07, 6.45) is 18.0. The van der Waals surface area contributed by atoms with E-state index in [0.717, 1.165) is 37.0 Å². The van der Waals surface area contributed by atoms with Crippen molar-refractivity contribution in [1.82, 2.24) is 14.6 Å². The largest absolute Gasteiger partial charge is 0.493 e. The number of rotatable bonds is 9. The van der Waals surface area contributed by atoms with E-state index in [0.29, 0.717) is 33.2 Å². The average molecular weight is 471 g/mol. The molecule has 2 heterocycles. The van der Waals surface area contributed by atoms with Gasteiger partial charge in [-0.1, -0.05) is 19.8 Å². The first kappa shape index (κ1) is 20.5. The summed E-state index contributed by atoms with van der Waals surface area (Å²) in [6, 6.07) is 1.96. The fraction of sp³-hybridized carbons (Fsp3) is 0.760. The molecule has 8 heteroatoms. The quantitative estimate of drug-likeness (QED) is 0.564. The van der Waals surface area contributed by atoms with Crippen molar-refractivity contribution >= 4 is 21.6 Å². The van der Waals surface area contributed by atoms with E-state index in [4.69, 9.17) is 4.74 Å². The van der Waals surface area contributed by atoms with Gasteiger partial charge in [-0.15, -0.1) is 10.2 Å². The normalized spacial score (nSPS) is 38.1. The standard InChI is InChI=1S/C25H34N4O3S/c1-3-4-7-22-10-23(13-24(11-22)15-25(24,12-22)14-23)16-32-19-8-20-26-27-21(28-33(2,30)31)29(20)9-18(19)17-5-6-17/h8-9,17H,3-7,10-16H2,1-2H3,(H,27,28). The third-order valence-electron chi connectivity index (χ3n) is 9.70. The van der Waals surface area contributed by atoms with Crippen molar-refractivity contribution in [3.05, 3.63) is 17.8 Å². The number of aromatic nitrogens is 3. The Labute approximate surface area is 195 Å². The van der Waals surface area contributed by atoms with Crippen LogP contribution in [0.4, 0.5) is 5.95 Å². The van der Waals surface area contributed by atoms with Crippen molar-refractivity contribution < 1.29 is 13.2 Å². The van der Waals surface area contributed by atoms with Crippen LogP contribution in [0.5, 0.6) is 5.75 Å². The molecule has 1 N–H and O–H groups in total. The summed E-state index contributed by atoms with van der Waals surface area (Å²) in [5.74, 6) is 1.64. The molecule has 2 spiro atoms. The van der Waals surface area contributed by atoms with Crippen molar-refractivity contribution in [3.63, 3.8) is 0 Å². The monoisotopic (exact) mass is 470 g/mol. The lowest BCUT2D eigenvalue weighted by atomic mass is 9.55. The third-order valence-corrected chi connectivity index (χ3v) is 10.3. The Kier molecular flexibility index (Phi) is 3.88. The Morgan fingerprint density at radius 3 is 2.48 bits per heavy atom. The molecular weight excluding hydrogens is 436 g/mol. The van der Waals surface area contributed by atoms with Crippen LogP contribution in [0.25, 0.3) is 5.65 Å². The third kappa shape index (κ3) is 3.01. The summed E-state index contributed by atoms with van der Waals surface area (Å²) in [5.41, 5.74) is 3.99. The molecule has 33 heavy (non-hydrogen) atoms. The molecule has 7 nitrogen and oxygen atoms in total. The first-order valence-corrected chi connectivity index (χ1v) is 14.6. The van der Waals surface area contributed by atoms with Crippen LogP contribution in [0.1, 0.15) is 89.0 Å². The minimum atomic E-state index is -3.42. The summed E-state index contributed by atoms with van der Waals surface area (Å²) < 4.78 is 34.3. The molecule has 2 aromatic heterocycles. The minimum absolute atomic E-state index is 0.238. The van der Waals surface area contributed by atoms with Crippen LogP contribution in [0.3, 0.4) is 0 Å². The van der Waals surface area contributed by atoms with E-state index in [1.54, 1.807) is 4.40 Å². The maximum Gasteiger partial charge on any atom is 0.242 e. The number of nitrogens with one attached hydrogen (secondary N) is 1. The van der Waals surface area contributed by atoms with Gasteiger partial charge in [0, 0.05) is 23.2 Å². The van der Waals surface area contributed by atoms with Gasteiger partial charge >= 0.3 is 0 Å². The summed E-state index contributed by atoms with van der Waals surface area (Å²) in [4.78, 5) is 0. The van der Waals surface area contributed by atoms with Crippen LogP contribution in [0, 0.1) is 21.7 Å². The molecule has 6 aliphatic carbocycles. The molecule has 6 saturated carbocycles. The zero-order chi connectivity index (χ0) is 22.7. The summed E-state index contributed by atoms with van der Waals surface area (Å²) in [6.45, 7) is 3.13. The van der Waals surface area contributed by atoms with Crippen molar-refractivity contribution in [3.8, 4) is 5.75 Å². The highest BCUT2D eigenvalue weighted by molar-refractivity contribution is 7.92. The van der Waals surface area contributed by atoms with Gasteiger partial charge < -0.3 is 4.74 Å². The maximum absolute atomic E-state index is 11.7. The van der Waals surface area contributed by atoms with E-state index in [1.165, 1.54) is 57.8 Å². The molecule has 2 atom stereocenters. The van der Waals surface area contributed by atoms with Crippen LogP contribution in [-0.4, -0.2) is 35.9 Å². The molecule has 8 rings (SSSR count). The van der Waals surface area contributed by atoms with E-state index >= 15 is 0 Å². The van der Waals surface area contributed by atoms with E-state index in [9.17, 15) is 8.42 Å². The number of pyridine rings is 1. The maximum atomic E-state index is 11.7. The molecule has 0 amide bonds. The van der Waals surface area contributed by atoms with Crippen molar-refractivity contribution in [2.24, 2.45) is 21.7 Å². The Bertz CT molecular complexity index is 1250. The lowest BCUT2D eigenvalue weighted by Gasteiger charge is -2.50. The lowest BCUT2D eigenvalue weighted by molar-refractivity contribution is -0.0241. The molecule has 0 aliphatic heterocycles. The second-order valence-corrected chi connectivity index (χ2v) is 14.3. The van der Waals surface area contributed by atoms with Gasteiger partial charge in [-0.3, -0.25) is 9.12 Å². The number of hydrogen-bond acceptors (Lipinski definition) is 5. The van der Waals surface area contributed by atoms with Crippen LogP contribution >= 0.6 is 0 Å². The van der Waals surface area contributed by atoms with Crippen molar-refractivity contribution in [1.29, 1.82) is 0 Å². The SMILES string of the molecule is CCCCC12CC3(COc4cc5nnc(NS(C)(=O)=O)n5cc4C4CC4)CC4(C1)CC4(C2)C3. The molecule has 178 valence electrons. The lowest BCUT2D eigenvalue weighted by Crippen LogP contribution is -2.43. The molecule has 0 radical (unpaired) electrons. The number of ether oxygens (including phenoxy) is 1. The van der Waals surface area contributed by atoms with Gasteiger partial charge in [-0.2, -0.15) is 0 Å². The molecule has 0 aromatic carbocycles. The Hall–Kier alpha value is -1.83. The molecular formula is C25H34N4O3S. The van der Waals surface area contributed by atoms with Crippen LogP contribution in [-0.2, 0) is 10.0 Å². The Morgan fingerprint density at radius 1 is 1.09 bits per heavy atom. The number of nitrogens with zero attached hydrogens (tertiary/aromatic N) is 3. The van der Waals surface area contributed by atoms with Gasteiger partial charge in [0.2, 0.25) is 16.0 Å². The highest BCUT2D eigenvalue weighted by Gasteiger charge is 2.84. The molecule has 2 unspecified atom stereocenters. The van der Waals surface area contributed by atoms with Gasteiger partial charge in [0.05, 0.1) is 12.9 Å². The van der Waals surface area contributed by atoms with Gasteiger partial charge in [0.25, 0.3) is 0 Å². The van der Waals surface area contributed by atoms with E-state index in [-0.39, 0.29) is 5.95 Å². The van der Waals surface area contributed by atoms with Crippen LogP contribution < -0.4 is 9.46 Å². The molecule has 2 aromatic rings. The predicted octanol–water partition coefficient (Wildman–Crippen LogP) is 4.89. The summed E-state index contributed by atoms with van der Waals surface area (Å²) >= 11 is 0. The topological polar surface area (TPSA) is 85.6 Å². The highest BCUT2D eigenvalue weighted by Crippen LogP contribution is 2.93. The van der Waals surface area contributed by atoms with E-state index in [1.807, 2.05) is 12.3 Å². The highest BCUT2D eigenvalue weighted by atomic mass is 32.2. The van der Waals surface area contributed by atoms with Crippen molar-refractivity contribution in [2.75, 3.05) is 17.6 Å². The minimum Gasteiger partial charge on any atom is -0.493 e. The Balaban J connectivity index is 1.17. The van der Waals surface area contributed by atoms with Crippen LogP contribution in [0.15, 0.2) is 12.3 Å². The van der Waals surface area contributed by atoms with Gasteiger partial charge in [0.1, 0.15) is 5.75 Å². The fourth-order valence-corrected chi connectivity index (χ4v) is 9.44. The predicted molar refractivity (Wildman–Crippen MR) is 126 cm³/mol. The van der Waals surface area contributed by atoms with E-state index < -0.39 is 10.0 Å². The van der Waals surface area contributed by atoms with Gasteiger partial charge in [0.15, 0.2) is 5.65 Å². The first-order chi connectivity index (χ1) is 15.7. The molecule has 6 fully saturated rings. The number of unbranched alkanes of at least 4 members (excludes halogenated alkanes) is 1. The second kappa shape index (κ2) is 6.23. The first-order valence-electron chi connectivity index (χ1n) is 12.7. The van der Waals surface area contributed by atoms with E-state index in [2.05, 4.69) is 21.8 Å². The zero-order valence-corrected chi connectivity index (χ0v) is 20.5. The number of hydrogen-bond donors (Lipinski definition) is 1. The van der Waals surface area contributed by atoms with Gasteiger partial charge in [-0.25, -0.2) is 8.42 Å². The van der Waals surface area contributed by atoms with Gasteiger partial charge in [-0.05, 0) is 80.0 Å². The molecule has 4 bridgehead atoms. The smallest absolute Gasteiger partial charge is 0.242 e.